The molecule has 0 aromatic carbocycles. The maximum absolute atomic E-state index is 5.61. The average Bonchev–Trinajstić information content (AvgIpc) is 2.58. The predicted octanol–water partition coefficient (Wildman–Crippen LogP) is 3.72. The molecule has 0 bridgehead atoms. The molecule has 1 rings (SSSR count). The van der Waals surface area contributed by atoms with Gasteiger partial charge in [0.05, 0.1) is 12.7 Å². The second-order valence-corrected chi connectivity index (χ2v) is 5.33. The average molecular weight is 446 g/mol. The van der Waals surface area contributed by atoms with Gasteiger partial charge in [0.25, 0.3) is 0 Å². The van der Waals surface area contributed by atoms with E-state index in [0.717, 1.165) is 31.2 Å². The quantitative estimate of drug-likeness (QED) is 0.185. The van der Waals surface area contributed by atoms with Crippen LogP contribution in [-0.4, -0.2) is 49.1 Å². The number of ether oxygens (including phenoxy) is 1. The first kappa shape index (κ1) is 22.7. The Hall–Kier alpha value is -1.31. The maximum atomic E-state index is 5.61. The van der Waals surface area contributed by atoms with Gasteiger partial charge in [0.15, 0.2) is 5.96 Å². The summed E-state index contributed by atoms with van der Waals surface area (Å²) in [5.41, 5.74) is 0. The number of hydrogen-bond donors (Lipinski definition) is 1. The summed E-state index contributed by atoms with van der Waals surface area (Å²) in [6, 6.07) is 3.76. The molecule has 136 valence electrons. The van der Waals surface area contributed by atoms with E-state index < -0.39 is 0 Å². The van der Waals surface area contributed by atoms with E-state index in [1.807, 2.05) is 18.2 Å². The molecule has 1 aromatic heterocycles. The van der Waals surface area contributed by atoms with Crippen LogP contribution in [-0.2, 0) is 0 Å². The van der Waals surface area contributed by atoms with Gasteiger partial charge in [-0.15, -0.1) is 30.6 Å². The summed E-state index contributed by atoms with van der Waals surface area (Å²) >= 11 is 0. The van der Waals surface area contributed by atoms with Crippen molar-refractivity contribution in [3.8, 4) is 5.75 Å². The molecule has 0 aliphatic heterocycles. The van der Waals surface area contributed by atoms with Gasteiger partial charge in [0.2, 0.25) is 0 Å². The van der Waals surface area contributed by atoms with Gasteiger partial charge in [-0.25, -0.2) is 4.99 Å². The number of nitrogens with one attached hydrogen (secondary N) is 1. The second-order valence-electron chi connectivity index (χ2n) is 5.33. The van der Waals surface area contributed by atoms with Crippen LogP contribution >= 0.6 is 24.0 Å². The van der Waals surface area contributed by atoms with Crippen molar-refractivity contribution in [2.45, 2.75) is 32.6 Å². The van der Waals surface area contributed by atoms with Crippen LogP contribution in [0.1, 0.15) is 32.6 Å². The van der Waals surface area contributed by atoms with Crippen LogP contribution in [0.5, 0.6) is 5.75 Å². The number of rotatable bonds is 11. The third kappa shape index (κ3) is 10.5. The zero-order valence-electron chi connectivity index (χ0n) is 14.9. The van der Waals surface area contributed by atoms with Crippen molar-refractivity contribution in [2.24, 2.45) is 4.99 Å². The Kier molecular flexibility index (Phi) is 14.4. The fourth-order valence-corrected chi connectivity index (χ4v) is 2.14. The van der Waals surface area contributed by atoms with E-state index >= 15 is 0 Å². The van der Waals surface area contributed by atoms with Gasteiger partial charge in [-0.3, -0.25) is 4.98 Å². The van der Waals surface area contributed by atoms with Gasteiger partial charge >= 0.3 is 0 Å². The number of hydrogen-bond acceptors (Lipinski definition) is 3. The number of allylic oxidation sites excluding steroid dienone is 1. The summed E-state index contributed by atoms with van der Waals surface area (Å²) in [7, 11) is 2.08. The van der Waals surface area contributed by atoms with Crippen LogP contribution in [0.2, 0.25) is 0 Å². The van der Waals surface area contributed by atoms with Gasteiger partial charge in [-0.2, -0.15) is 0 Å². The topological polar surface area (TPSA) is 49.8 Å². The lowest BCUT2D eigenvalue weighted by atomic mass is 10.2. The Morgan fingerprint density at radius 1 is 1.42 bits per heavy atom. The zero-order valence-corrected chi connectivity index (χ0v) is 17.2. The summed E-state index contributed by atoms with van der Waals surface area (Å²) in [4.78, 5) is 10.8. The monoisotopic (exact) mass is 446 g/mol. The largest absolute Gasteiger partial charge is 0.490 e. The summed E-state index contributed by atoms with van der Waals surface area (Å²) in [6.07, 6.45) is 10.1. The molecule has 1 N–H and O–H groups in total. The van der Waals surface area contributed by atoms with E-state index in [0.29, 0.717) is 13.2 Å². The molecule has 0 aliphatic carbocycles. The van der Waals surface area contributed by atoms with Gasteiger partial charge in [0, 0.05) is 26.3 Å². The SMILES string of the molecule is C=CCCCCCN(C)C(=NCCOc1cccnc1)NCC.I. The highest BCUT2D eigenvalue weighted by atomic mass is 127. The molecule has 0 unspecified atom stereocenters. The summed E-state index contributed by atoms with van der Waals surface area (Å²) in [5, 5.41) is 3.32. The molecule has 1 heterocycles. The first-order chi connectivity index (χ1) is 11.3. The summed E-state index contributed by atoms with van der Waals surface area (Å²) in [5.74, 6) is 1.72. The second kappa shape index (κ2) is 15.2. The van der Waals surface area contributed by atoms with Gasteiger partial charge < -0.3 is 15.0 Å². The standard InChI is InChI=1S/C18H30N4O.HI/c1-4-6-7-8-9-14-22(3)18(20-5-2)21-13-15-23-17-11-10-12-19-16-17;/h4,10-12,16H,1,5-9,13-15H2,2-3H3,(H,20,21);1H. The number of aliphatic imine (C=N–C) groups is 1. The van der Waals surface area contributed by atoms with E-state index in [-0.39, 0.29) is 24.0 Å². The smallest absolute Gasteiger partial charge is 0.193 e. The molecular formula is C18H31IN4O. The van der Waals surface area contributed by atoms with E-state index in [4.69, 9.17) is 4.74 Å². The Morgan fingerprint density at radius 3 is 2.92 bits per heavy atom. The molecule has 0 aliphatic rings. The van der Waals surface area contributed by atoms with Gasteiger partial charge in [0.1, 0.15) is 12.4 Å². The lowest BCUT2D eigenvalue weighted by molar-refractivity contribution is 0.326. The van der Waals surface area contributed by atoms with E-state index in [1.165, 1.54) is 19.3 Å². The third-order valence-electron chi connectivity index (χ3n) is 3.35. The predicted molar refractivity (Wildman–Crippen MR) is 112 cm³/mol. The van der Waals surface area contributed by atoms with Crippen molar-refractivity contribution in [1.82, 2.24) is 15.2 Å². The Bertz CT molecular complexity index is 454. The highest BCUT2D eigenvalue weighted by Gasteiger charge is 2.04. The Morgan fingerprint density at radius 2 is 2.25 bits per heavy atom. The third-order valence-corrected chi connectivity index (χ3v) is 3.35. The summed E-state index contributed by atoms with van der Waals surface area (Å²) in [6.45, 7) is 8.88. The summed E-state index contributed by atoms with van der Waals surface area (Å²) < 4.78 is 5.61. The molecule has 0 radical (unpaired) electrons. The number of guanidine groups is 1. The molecule has 24 heavy (non-hydrogen) atoms. The van der Waals surface area contributed by atoms with E-state index in [2.05, 4.69) is 40.7 Å². The zero-order chi connectivity index (χ0) is 16.8. The van der Waals surface area contributed by atoms with E-state index in [9.17, 15) is 0 Å². The fraction of sp³-hybridized carbons (Fsp3) is 0.556. The molecule has 6 heteroatoms. The molecule has 1 aromatic rings. The first-order valence-corrected chi connectivity index (χ1v) is 8.41. The minimum Gasteiger partial charge on any atom is -0.490 e. The highest BCUT2D eigenvalue weighted by Crippen LogP contribution is 2.05. The Balaban J connectivity index is 0.00000529. The lowest BCUT2D eigenvalue weighted by Crippen LogP contribution is -2.39. The lowest BCUT2D eigenvalue weighted by Gasteiger charge is -2.22. The Labute approximate surface area is 163 Å². The normalized spacial score (nSPS) is 10.7. The maximum Gasteiger partial charge on any atom is 0.193 e. The molecule has 0 saturated carbocycles. The van der Waals surface area contributed by atoms with Crippen LogP contribution in [0.15, 0.2) is 42.2 Å². The van der Waals surface area contributed by atoms with Crippen molar-refractivity contribution >= 4 is 29.9 Å². The highest BCUT2D eigenvalue weighted by molar-refractivity contribution is 14.0. The fourth-order valence-electron chi connectivity index (χ4n) is 2.14. The van der Waals surface area contributed by atoms with Gasteiger partial charge in [-0.1, -0.05) is 12.5 Å². The van der Waals surface area contributed by atoms with Crippen LogP contribution in [0, 0.1) is 0 Å². The number of nitrogens with zero attached hydrogens (tertiary/aromatic N) is 3. The van der Waals surface area contributed by atoms with Crippen molar-refractivity contribution in [1.29, 1.82) is 0 Å². The van der Waals surface area contributed by atoms with Crippen LogP contribution in [0.25, 0.3) is 0 Å². The molecule has 0 saturated heterocycles. The molecule has 0 fully saturated rings. The minimum atomic E-state index is 0. The van der Waals surface area contributed by atoms with Crippen molar-refractivity contribution < 1.29 is 4.74 Å². The number of pyridine rings is 1. The molecule has 0 amide bonds. The van der Waals surface area contributed by atoms with Crippen LogP contribution in [0.3, 0.4) is 0 Å². The molecule has 5 nitrogen and oxygen atoms in total. The minimum absolute atomic E-state index is 0. The van der Waals surface area contributed by atoms with Crippen LogP contribution in [0.4, 0.5) is 0 Å². The number of aromatic nitrogens is 1. The molecule has 0 spiro atoms. The number of halogens is 1. The van der Waals surface area contributed by atoms with Gasteiger partial charge in [-0.05, 0) is 38.3 Å². The first-order valence-electron chi connectivity index (χ1n) is 8.41. The van der Waals surface area contributed by atoms with Crippen molar-refractivity contribution in [3.63, 3.8) is 0 Å². The van der Waals surface area contributed by atoms with E-state index in [1.54, 1.807) is 12.4 Å². The molecule has 0 atom stereocenters. The molecular weight excluding hydrogens is 415 g/mol. The van der Waals surface area contributed by atoms with Crippen LogP contribution < -0.4 is 10.1 Å². The number of unbranched alkanes of at least 4 members (excludes halogenated alkanes) is 3. The van der Waals surface area contributed by atoms with Crippen molar-refractivity contribution in [2.75, 3.05) is 33.3 Å². The van der Waals surface area contributed by atoms with Crippen molar-refractivity contribution in [3.05, 3.63) is 37.2 Å².